The topological polar surface area (TPSA) is 45.7 Å². The number of nitrogens with one attached hydrogen (secondary N) is 2. The first kappa shape index (κ1) is 20.8. The lowest BCUT2D eigenvalue weighted by atomic mass is 10.1. The fourth-order valence-electron chi connectivity index (χ4n) is 2.26. The largest absolute Gasteiger partial charge is 0.496 e. The van der Waals surface area contributed by atoms with E-state index >= 15 is 0 Å². The number of benzene rings is 1. The summed E-state index contributed by atoms with van der Waals surface area (Å²) in [5.74, 6) is 1.72. The predicted octanol–water partition coefficient (Wildman–Crippen LogP) is 4.11. The molecule has 2 rings (SSSR count). The number of aryl methyl sites for hydroxylation is 2. The summed E-state index contributed by atoms with van der Waals surface area (Å²) in [6.07, 6.45) is 1.09. The van der Waals surface area contributed by atoms with Crippen molar-refractivity contribution in [3.63, 3.8) is 0 Å². The third kappa shape index (κ3) is 5.98. The summed E-state index contributed by atoms with van der Waals surface area (Å²) in [6, 6.07) is 10.6. The quantitative estimate of drug-likeness (QED) is 0.388. The van der Waals surface area contributed by atoms with Crippen molar-refractivity contribution < 1.29 is 4.74 Å². The molecule has 0 aliphatic carbocycles. The smallest absolute Gasteiger partial charge is 0.191 e. The van der Waals surface area contributed by atoms with Crippen LogP contribution in [-0.2, 0) is 19.5 Å². The van der Waals surface area contributed by atoms with Crippen molar-refractivity contribution in [2.45, 2.75) is 33.4 Å². The Morgan fingerprint density at radius 1 is 1.12 bits per heavy atom. The van der Waals surface area contributed by atoms with E-state index in [1.54, 1.807) is 14.2 Å². The number of ether oxygens (including phenoxy) is 1. The zero-order valence-electron chi connectivity index (χ0n) is 14.7. The van der Waals surface area contributed by atoms with Crippen molar-refractivity contribution >= 4 is 41.3 Å². The van der Waals surface area contributed by atoms with Crippen LogP contribution in [0.5, 0.6) is 5.75 Å². The molecule has 0 aliphatic rings. The van der Waals surface area contributed by atoms with Gasteiger partial charge >= 0.3 is 0 Å². The lowest BCUT2D eigenvalue weighted by Crippen LogP contribution is -2.36. The summed E-state index contributed by atoms with van der Waals surface area (Å²) < 4.78 is 5.36. The van der Waals surface area contributed by atoms with Crippen LogP contribution in [-0.4, -0.2) is 20.1 Å². The average Bonchev–Trinajstić information content (AvgIpc) is 3.04. The van der Waals surface area contributed by atoms with Gasteiger partial charge in [-0.15, -0.1) is 35.3 Å². The van der Waals surface area contributed by atoms with Gasteiger partial charge in [-0.25, -0.2) is 0 Å². The van der Waals surface area contributed by atoms with Crippen LogP contribution in [0.15, 0.2) is 35.3 Å². The van der Waals surface area contributed by atoms with E-state index in [2.05, 4.69) is 52.9 Å². The van der Waals surface area contributed by atoms with Gasteiger partial charge in [-0.2, -0.15) is 0 Å². The van der Waals surface area contributed by atoms with E-state index in [4.69, 9.17) is 4.74 Å². The molecular formula is C18H26IN3OS. The number of thiophene rings is 1. The van der Waals surface area contributed by atoms with Crippen molar-refractivity contribution in [2.24, 2.45) is 4.99 Å². The summed E-state index contributed by atoms with van der Waals surface area (Å²) in [6.45, 7) is 5.73. The minimum Gasteiger partial charge on any atom is -0.496 e. The van der Waals surface area contributed by atoms with E-state index in [9.17, 15) is 0 Å². The van der Waals surface area contributed by atoms with Gasteiger partial charge in [0.15, 0.2) is 5.96 Å². The first-order valence-electron chi connectivity index (χ1n) is 7.82. The molecule has 0 spiro atoms. The fourth-order valence-corrected chi connectivity index (χ4v) is 3.16. The minimum absolute atomic E-state index is 0. The molecule has 4 nitrogen and oxygen atoms in total. The number of halogens is 1. The molecule has 0 aliphatic heterocycles. The van der Waals surface area contributed by atoms with Gasteiger partial charge in [0.25, 0.3) is 0 Å². The number of aliphatic imine (C=N–C) groups is 1. The van der Waals surface area contributed by atoms with Gasteiger partial charge in [0, 0.05) is 23.3 Å². The van der Waals surface area contributed by atoms with Crippen molar-refractivity contribution in [3.8, 4) is 5.75 Å². The van der Waals surface area contributed by atoms with Crippen LogP contribution >= 0.6 is 35.3 Å². The Labute approximate surface area is 165 Å². The van der Waals surface area contributed by atoms with E-state index in [0.29, 0.717) is 6.54 Å². The number of methoxy groups -OCH3 is 1. The third-order valence-corrected chi connectivity index (χ3v) is 4.88. The molecule has 24 heavy (non-hydrogen) atoms. The predicted molar refractivity (Wildman–Crippen MR) is 114 cm³/mol. The van der Waals surface area contributed by atoms with E-state index in [0.717, 1.165) is 30.2 Å². The lowest BCUT2D eigenvalue weighted by molar-refractivity contribution is 0.411. The number of rotatable bonds is 6. The molecule has 1 heterocycles. The van der Waals surface area contributed by atoms with Gasteiger partial charge in [-0.05, 0) is 42.7 Å². The van der Waals surface area contributed by atoms with Crippen LogP contribution in [0, 0.1) is 6.92 Å². The van der Waals surface area contributed by atoms with Crippen LogP contribution in [0.4, 0.5) is 0 Å². The van der Waals surface area contributed by atoms with Gasteiger partial charge in [0.1, 0.15) is 5.75 Å². The van der Waals surface area contributed by atoms with Crippen molar-refractivity contribution in [1.29, 1.82) is 0 Å². The maximum absolute atomic E-state index is 5.36. The molecule has 0 radical (unpaired) electrons. The van der Waals surface area contributed by atoms with Gasteiger partial charge < -0.3 is 15.4 Å². The number of guanidine groups is 1. The van der Waals surface area contributed by atoms with E-state index in [1.165, 1.54) is 15.3 Å². The van der Waals surface area contributed by atoms with Crippen LogP contribution in [0.25, 0.3) is 0 Å². The lowest BCUT2D eigenvalue weighted by Gasteiger charge is -2.12. The molecule has 1 aromatic carbocycles. The second-order valence-corrected chi connectivity index (χ2v) is 6.56. The number of hydrogen-bond donors (Lipinski definition) is 2. The maximum Gasteiger partial charge on any atom is 0.191 e. The fraction of sp³-hybridized carbons (Fsp3) is 0.389. The maximum atomic E-state index is 5.36. The molecule has 0 saturated heterocycles. The Kier molecular flexibility index (Phi) is 9.13. The Morgan fingerprint density at radius 3 is 2.46 bits per heavy atom. The third-order valence-electron chi connectivity index (χ3n) is 3.65. The normalized spacial score (nSPS) is 10.9. The van der Waals surface area contributed by atoms with Crippen LogP contribution < -0.4 is 15.4 Å². The average molecular weight is 459 g/mol. The summed E-state index contributed by atoms with van der Waals surface area (Å²) >= 11 is 1.84. The molecule has 132 valence electrons. The zero-order chi connectivity index (χ0) is 16.7. The Morgan fingerprint density at radius 2 is 1.83 bits per heavy atom. The molecule has 0 fully saturated rings. The number of nitrogens with zero attached hydrogens (tertiary/aromatic N) is 1. The van der Waals surface area contributed by atoms with Crippen molar-refractivity contribution in [1.82, 2.24) is 10.6 Å². The molecule has 0 saturated carbocycles. The molecule has 2 aromatic rings. The molecule has 0 amide bonds. The first-order chi connectivity index (χ1) is 11.2. The molecular weight excluding hydrogens is 433 g/mol. The Hall–Kier alpha value is -1.28. The van der Waals surface area contributed by atoms with Gasteiger partial charge in [0.05, 0.1) is 13.7 Å². The highest BCUT2D eigenvalue weighted by atomic mass is 127. The Balaban J connectivity index is 0.00000288. The van der Waals surface area contributed by atoms with Gasteiger partial charge in [0.2, 0.25) is 0 Å². The SMILES string of the molecule is CCc1ccc(CNC(=NC)NCc2ccc(C)c(OC)c2)s1.I. The van der Waals surface area contributed by atoms with Crippen LogP contribution in [0.1, 0.15) is 27.8 Å². The molecule has 1 aromatic heterocycles. The van der Waals surface area contributed by atoms with Crippen molar-refractivity contribution in [2.75, 3.05) is 14.2 Å². The molecule has 2 N–H and O–H groups in total. The van der Waals surface area contributed by atoms with E-state index in [-0.39, 0.29) is 24.0 Å². The highest BCUT2D eigenvalue weighted by molar-refractivity contribution is 14.0. The summed E-state index contributed by atoms with van der Waals surface area (Å²) in [5.41, 5.74) is 2.31. The summed E-state index contributed by atoms with van der Waals surface area (Å²) in [4.78, 5) is 7.01. The van der Waals surface area contributed by atoms with Crippen LogP contribution in [0.3, 0.4) is 0 Å². The Bertz CT molecular complexity index is 670. The summed E-state index contributed by atoms with van der Waals surface area (Å²) in [5, 5.41) is 6.69. The van der Waals surface area contributed by atoms with Crippen molar-refractivity contribution in [3.05, 3.63) is 51.2 Å². The minimum atomic E-state index is 0. The standard InChI is InChI=1S/C18H25N3OS.HI/c1-5-15-8-9-16(23-15)12-21-18(19-3)20-11-14-7-6-13(2)17(10-14)22-4;/h6-10H,5,11-12H2,1-4H3,(H2,19,20,21);1H. The van der Waals surface area contributed by atoms with Crippen LogP contribution in [0.2, 0.25) is 0 Å². The van der Waals surface area contributed by atoms with Gasteiger partial charge in [-0.1, -0.05) is 19.1 Å². The second kappa shape index (κ2) is 10.6. The first-order valence-corrected chi connectivity index (χ1v) is 8.63. The van der Waals surface area contributed by atoms with E-state index < -0.39 is 0 Å². The second-order valence-electron chi connectivity index (χ2n) is 5.30. The highest BCUT2D eigenvalue weighted by Gasteiger charge is 2.03. The molecule has 0 unspecified atom stereocenters. The zero-order valence-corrected chi connectivity index (χ0v) is 17.8. The number of hydrogen-bond acceptors (Lipinski definition) is 3. The monoisotopic (exact) mass is 459 g/mol. The molecule has 6 heteroatoms. The van der Waals surface area contributed by atoms with Gasteiger partial charge in [-0.3, -0.25) is 4.99 Å². The highest BCUT2D eigenvalue weighted by Crippen LogP contribution is 2.19. The van der Waals surface area contributed by atoms with E-state index in [1.807, 2.05) is 18.3 Å². The molecule has 0 bridgehead atoms. The summed E-state index contributed by atoms with van der Waals surface area (Å²) in [7, 11) is 3.49. The molecule has 0 atom stereocenters.